The first-order valence-electron chi connectivity index (χ1n) is 10.9. The molecule has 0 amide bonds. The molecule has 0 radical (unpaired) electrons. The Labute approximate surface area is 168 Å². The number of nitrogens with zero attached hydrogens (tertiary/aromatic N) is 3. The van der Waals surface area contributed by atoms with Crippen LogP contribution < -0.4 is 0 Å². The Morgan fingerprint density at radius 3 is 2.32 bits per heavy atom. The Bertz CT molecular complexity index is 788. The van der Waals surface area contributed by atoms with Crippen LogP contribution in [0, 0.1) is 29.1 Å². The predicted molar refractivity (Wildman–Crippen MR) is 111 cm³/mol. The molecule has 3 nitrogen and oxygen atoms in total. The lowest BCUT2D eigenvalue weighted by Gasteiger charge is -2.39. The molecule has 3 atom stereocenters. The number of hydrogen-bond donors (Lipinski definition) is 0. The fourth-order valence-corrected chi connectivity index (χ4v) is 6.40. The predicted octanol–water partition coefficient (Wildman–Crippen LogP) is 4.79. The van der Waals surface area contributed by atoms with Crippen LogP contribution in [0.15, 0.2) is 54.7 Å². The summed E-state index contributed by atoms with van der Waals surface area (Å²) in [6.45, 7) is 2.22. The molecule has 4 bridgehead atoms. The van der Waals surface area contributed by atoms with E-state index >= 15 is 0 Å². The van der Waals surface area contributed by atoms with Gasteiger partial charge in [-0.1, -0.05) is 36.4 Å². The van der Waals surface area contributed by atoms with Gasteiger partial charge in [-0.05, 0) is 74.0 Å². The van der Waals surface area contributed by atoms with Crippen LogP contribution in [-0.2, 0) is 5.41 Å². The summed E-state index contributed by atoms with van der Waals surface area (Å²) < 4.78 is 0. The summed E-state index contributed by atoms with van der Waals surface area (Å²) in [7, 11) is 0. The van der Waals surface area contributed by atoms with Crippen molar-refractivity contribution in [2.75, 3.05) is 13.1 Å². The zero-order valence-electron chi connectivity index (χ0n) is 16.5. The van der Waals surface area contributed by atoms with Crippen LogP contribution in [0.4, 0.5) is 0 Å². The van der Waals surface area contributed by atoms with Gasteiger partial charge >= 0.3 is 0 Å². The molecule has 1 aromatic heterocycles. The van der Waals surface area contributed by atoms with Gasteiger partial charge in [-0.15, -0.1) is 0 Å². The molecule has 6 rings (SSSR count). The van der Waals surface area contributed by atoms with Gasteiger partial charge in [0, 0.05) is 25.3 Å². The largest absolute Gasteiger partial charge is 0.300 e. The molecule has 1 aromatic carbocycles. The summed E-state index contributed by atoms with van der Waals surface area (Å²) in [6, 6.07) is 19.7. The van der Waals surface area contributed by atoms with Crippen molar-refractivity contribution >= 4 is 0 Å². The Kier molecular flexibility index (Phi) is 4.69. The van der Waals surface area contributed by atoms with E-state index < -0.39 is 5.41 Å². The maximum Gasteiger partial charge on any atom is 0.125 e. The molecular weight excluding hydrogens is 342 g/mol. The van der Waals surface area contributed by atoms with Crippen molar-refractivity contribution in [3.05, 3.63) is 66.0 Å². The third-order valence-corrected chi connectivity index (χ3v) is 7.55. The molecule has 28 heavy (non-hydrogen) atoms. The highest BCUT2D eigenvalue weighted by atomic mass is 15.2. The summed E-state index contributed by atoms with van der Waals surface area (Å²) in [5.41, 5.74) is 1.27. The third-order valence-electron chi connectivity index (χ3n) is 7.55. The second-order valence-corrected chi connectivity index (χ2v) is 9.27. The zero-order valence-corrected chi connectivity index (χ0v) is 16.5. The second-order valence-electron chi connectivity index (χ2n) is 9.27. The molecule has 4 aliphatic rings. The Morgan fingerprint density at radius 1 is 0.929 bits per heavy atom. The first-order chi connectivity index (χ1) is 13.8. The van der Waals surface area contributed by atoms with Crippen LogP contribution >= 0.6 is 0 Å². The van der Waals surface area contributed by atoms with Gasteiger partial charge in [0.25, 0.3) is 0 Å². The molecule has 2 aliphatic carbocycles. The number of pyridine rings is 1. The highest BCUT2D eigenvalue weighted by Gasteiger charge is 2.44. The van der Waals surface area contributed by atoms with Gasteiger partial charge in [0.1, 0.15) is 5.41 Å². The van der Waals surface area contributed by atoms with E-state index in [9.17, 15) is 5.26 Å². The molecule has 2 saturated heterocycles. The lowest BCUT2D eigenvalue weighted by Crippen LogP contribution is -2.41. The van der Waals surface area contributed by atoms with Crippen LogP contribution in [0.3, 0.4) is 0 Å². The molecule has 0 N–H and O–H groups in total. The van der Waals surface area contributed by atoms with Crippen molar-refractivity contribution in [3.63, 3.8) is 0 Å². The molecule has 2 aromatic rings. The van der Waals surface area contributed by atoms with Gasteiger partial charge in [0.2, 0.25) is 0 Å². The Balaban J connectivity index is 1.44. The number of fused-ring (bicyclic) bond motifs is 1. The number of nitriles is 1. The Morgan fingerprint density at radius 2 is 1.64 bits per heavy atom. The van der Waals surface area contributed by atoms with E-state index in [1.165, 1.54) is 38.6 Å². The van der Waals surface area contributed by atoms with E-state index in [4.69, 9.17) is 0 Å². The number of rotatable bonds is 5. The van der Waals surface area contributed by atoms with E-state index in [-0.39, 0.29) is 0 Å². The summed E-state index contributed by atoms with van der Waals surface area (Å²) in [5.74, 6) is 2.79. The molecule has 144 valence electrons. The summed E-state index contributed by atoms with van der Waals surface area (Å²) in [5, 5.41) is 10.4. The van der Waals surface area contributed by atoms with Crippen LogP contribution in [0.2, 0.25) is 0 Å². The van der Waals surface area contributed by atoms with E-state index in [2.05, 4.69) is 28.1 Å². The summed E-state index contributed by atoms with van der Waals surface area (Å²) >= 11 is 0. The van der Waals surface area contributed by atoms with Gasteiger partial charge in [-0.2, -0.15) is 5.26 Å². The van der Waals surface area contributed by atoms with Crippen molar-refractivity contribution in [3.8, 4) is 6.07 Å². The SMILES string of the molecule is N#CC(CCN1CC2CC3CC(C2)CC1C3)(c1ccccc1)c1ccccn1. The van der Waals surface area contributed by atoms with Crippen molar-refractivity contribution in [2.24, 2.45) is 17.8 Å². The highest BCUT2D eigenvalue weighted by molar-refractivity contribution is 5.42. The lowest BCUT2D eigenvalue weighted by atomic mass is 9.68. The molecule has 3 unspecified atom stereocenters. The topological polar surface area (TPSA) is 39.9 Å². The molecule has 0 spiro atoms. The minimum atomic E-state index is -0.675. The monoisotopic (exact) mass is 371 g/mol. The lowest BCUT2D eigenvalue weighted by molar-refractivity contribution is 0.123. The fourth-order valence-electron chi connectivity index (χ4n) is 6.40. The van der Waals surface area contributed by atoms with E-state index in [1.54, 1.807) is 0 Å². The van der Waals surface area contributed by atoms with Gasteiger partial charge in [0.15, 0.2) is 0 Å². The highest BCUT2D eigenvalue weighted by Crippen LogP contribution is 2.48. The van der Waals surface area contributed by atoms with E-state index in [0.29, 0.717) is 0 Å². The normalized spacial score (nSPS) is 31.1. The average molecular weight is 372 g/mol. The van der Waals surface area contributed by atoms with Crippen molar-refractivity contribution in [1.29, 1.82) is 5.26 Å². The molecular formula is C25H29N3. The van der Waals surface area contributed by atoms with Crippen molar-refractivity contribution < 1.29 is 0 Å². The summed E-state index contributed by atoms with van der Waals surface area (Å²) in [6.07, 6.45) is 9.72. The Hall–Kier alpha value is -2.18. The molecule has 3 heteroatoms. The minimum absolute atomic E-state index is 0.675. The maximum atomic E-state index is 10.4. The van der Waals surface area contributed by atoms with Crippen LogP contribution in [0.25, 0.3) is 0 Å². The van der Waals surface area contributed by atoms with Crippen molar-refractivity contribution in [2.45, 2.75) is 50.0 Å². The maximum absolute atomic E-state index is 10.4. The minimum Gasteiger partial charge on any atom is -0.300 e. The molecule has 4 fully saturated rings. The van der Waals surface area contributed by atoms with E-state index in [1.807, 2.05) is 42.6 Å². The second kappa shape index (κ2) is 7.33. The van der Waals surface area contributed by atoms with Gasteiger partial charge in [-0.25, -0.2) is 0 Å². The molecule has 2 saturated carbocycles. The van der Waals surface area contributed by atoms with Gasteiger partial charge in [0.05, 0.1) is 11.8 Å². The smallest absolute Gasteiger partial charge is 0.125 e. The quantitative estimate of drug-likeness (QED) is 0.758. The molecule has 3 heterocycles. The van der Waals surface area contributed by atoms with Gasteiger partial charge in [-0.3, -0.25) is 4.98 Å². The third kappa shape index (κ3) is 3.14. The van der Waals surface area contributed by atoms with Crippen molar-refractivity contribution in [1.82, 2.24) is 9.88 Å². The zero-order chi connectivity index (χ0) is 19.0. The fraction of sp³-hybridized carbons (Fsp3) is 0.520. The van der Waals surface area contributed by atoms with Crippen LogP contribution in [0.5, 0.6) is 0 Å². The van der Waals surface area contributed by atoms with Crippen LogP contribution in [0.1, 0.15) is 49.8 Å². The summed E-state index contributed by atoms with van der Waals surface area (Å²) in [4.78, 5) is 7.36. The number of benzene rings is 1. The number of aromatic nitrogens is 1. The van der Waals surface area contributed by atoms with Gasteiger partial charge < -0.3 is 4.90 Å². The van der Waals surface area contributed by atoms with Crippen LogP contribution in [-0.4, -0.2) is 29.0 Å². The standard InChI is InChI=1S/C25H29N3/c26-18-25(22-6-2-1-3-7-22,24-8-4-5-10-27-24)9-11-28-17-21-13-19-12-20(14-21)16-23(28)15-19/h1-8,10,19-21,23H,9,11-17H2. The average Bonchev–Trinajstić information content (AvgIpc) is 2.93. The van der Waals surface area contributed by atoms with E-state index in [0.717, 1.165) is 48.0 Å². The first kappa shape index (κ1) is 17.9. The molecule has 2 aliphatic heterocycles. The first-order valence-corrected chi connectivity index (χ1v) is 10.9. The number of hydrogen-bond acceptors (Lipinski definition) is 3.